The Kier molecular flexibility index (Phi) is 0.507. The highest BCUT2D eigenvalue weighted by atomic mass is 14.8. The van der Waals surface area contributed by atoms with Gasteiger partial charge in [0.25, 0.3) is 0 Å². The highest BCUT2D eigenvalue weighted by Gasteiger charge is 2.78. The first-order valence-corrected chi connectivity index (χ1v) is 5.30. The first-order valence-electron chi connectivity index (χ1n) is 5.30. The fraction of sp³-hybridized carbons (Fsp3) is 1.00. The third kappa shape index (κ3) is 0.283. The summed E-state index contributed by atoms with van der Waals surface area (Å²) in [5.74, 6) is 9.72. The van der Waals surface area contributed by atoms with Crippen LogP contribution >= 0.6 is 0 Å². The molecule has 5 aliphatic rings. The molecule has 5 rings (SSSR count). The van der Waals surface area contributed by atoms with Crippen LogP contribution < -0.4 is 0 Å². The van der Waals surface area contributed by atoms with Crippen molar-refractivity contribution in [2.24, 2.45) is 35.5 Å². The molecule has 5 fully saturated rings. The van der Waals surface area contributed by atoms with Crippen molar-refractivity contribution in [3.05, 3.63) is 0 Å². The van der Waals surface area contributed by atoms with Gasteiger partial charge in [0, 0.05) is 0 Å². The van der Waals surface area contributed by atoms with E-state index in [0.29, 0.717) is 0 Å². The summed E-state index contributed by atoms with van der Waals surface area (Å²) in [7, 11) is 2.71. The van der Waals surface area contributed by atoms with Crippen molar-refractivity contribution in [3.63, 3.8) is 0 Å². The van der Waals surface area contributed by atoms with Gasteiger partial charge in [-0.05, 0) is 41.9 Å². The molecule has 55 valence electrons. The highest BCUT2D eigenvalue weighted by Crippen LogP contribution is 2.85. The lowest BCUT2D eigenvalue weighted by molar-refractivity contribution is -0.281. The summed E-state index contributed by atoms with van der Waals surface area (Å²) < 4.78 is 0. The standard InChI is InChI=1S/C10H12B/c1-3-2-5-8-9-6(3)4(1)7(9)10(8)11-5/h3-10H,1-2H2. The van der Waals surface area contributed by atoms with Gasteiger partial charge in [-0.25, -0.2) is 0 Å². The molecule has 0 nitrogen and oxygen atoms in total. The Morgan fingerprint density at radius 1 is 0.909 bits per heavy atom. The summed E-state index contributed by atoms with van der Waals surface area (Å²) in [6.07, 6.45) is 3.24. The molecule has 0 N–H and O–H groups in total. The monoisotopic (exact) mass is 143 g/mol. The topological polar surface area (TPSA) is 0 Å². The molecule has 1 radical (unpaired) electrons. The molecule has 11 heavy (non-hydrogen) atoms. The summed E-state index contributed by atoms with van der Waals surface area (Å²) in [6, 6.07) is 0. The van der Waals surface area contributed by atoms with Crippen molar-refractivity contribution in [3.8, 4) is 0 Å². The van der Waals surface area contributed by atoms with Gasteiger partial charge in [0.15, 0.2) is 0 Å². The van der Waals surface area contributed by atoms with E-state index in [1.54, 1.807) is 12.8 Å². The summed E-state index contributed by atoms with van der Waals surface area (Å²) in [5.41, 5.74) is 0. The molecule has 0 bridgehead atoms. The van der Waals surface area contributed by atoms with E-state index in [1.165, 1.54) is 35.5 Å². The Labute approximate surface area is 68.0 Å². The van der Waals surface area contributed by atoms with Crippen molar-refractivity contribution < 1.29 is 0 Å². The molecule has 1 heterocycles. The van der Waals surface area contributed by atoms with E-state index < -0.39 is 0 Å². The summed E-state index contributed by atoms with van der Waals surface area (Å²) in [6.45, 7) is 0. The molecule has 0 spiro atoms. The molecule has 1 saturated heterocycles. The maximum atomic E-state index is 2.71. The van der Waals surface area contributed by atoms with E-state index in [-0.39, 0.29) is 0 Å². The van der Waals surface area contributed by atoms with Gasteiger partial charge < -0.3 is 0 Å². The van der Waals surface area contributed by atoms with Crippen LogP contribution in [0.15, 0.2) is 0 Å². The van der Waals surface area contributed by atoms with E-state index in [1.807, 2.05) is 0 Å². The Hall–Kier alpha value is 0.0649. The van der Waals surface area contributed by atoms with Crippen LogP contribution in [0, 0.1) is 35.5 Å². The molecule has 0 aromatic heterocycles. The van der Waals surface area contributed by atoms with Crippen LogP contribution in [0.3, 0.4) is 0 Å². The minimum atomic E-state index is 1.11. The van der Waals surface area contributed by atoms with Crippen molar-refractivity contribution in [1.82, 2.24) is 0 Å². The quantitative estimate of drug-likeness (QED) is 0.453. The molecule has 1 heteroatoms. The summed E-state index contributed by atoms with van der Waals surface area (Å²) >= 11 is 0. The van der Waals surface area contributed by atoms with Crippen molar-refractivity contribution in [1.29, 1.82) is 0 Å². The van der Waals surface area contributed by atoms with E-state index in [9.17, 15) is 0 Å². The fourth-order valence-electron chi connectivity index (χ4n) is 5.58. The lowest BCUT2D eigenvalue weighted by Crippen LogP contribution is -2.78. The highest BCUT2D eigenvalue weighted by molar-refractivity contribution is 6.45. The second kappa shape index (κ2) is 1.13. The first-order chi connectivity index (χ1) is 5.45. The SMILES string of the molecule is [B]1C2CC3CC4C3C3C2C1C43. The lowest BCUT2D eigenvalue weighted by atomic mass is 9.10. The molecular weight excluding hydrogens is 131 g/mol. The average molecular weight is 143 g/mol. The molecule has 1 aliphatic heterocycles. The second-order valence-corrected chi connectivity index (χ2v) is 5.64. The molecular formula is C10H12B. The van der Waals surface area contributed by atoms with Gasteiger partial charge in [-0.1, -0.05) is 18.1 Å². The lowest BCUT2D eigenvalue weighted by Gasteiger charge is -2.85. The number of fused-ring (bicyclic) bond motifs is 2. The van der Waals surface area contributed by atoms with Gasteiger partial charge in [0.1, 0.15) is 7.28 Å². The fourth-order valence-corrected chi connectivity index (χ4v) is 5.58. The Morgan fingerprint density at radius 3 is 2.91 bits per heavy atom. The first kappa shape index (κ1) is 4.94. The molecule has 4 saturated carbocycles. The molecule has 8 atom stereocenters. The van der Waals surface area contributed by atoms with Crippen LogP contribution in [0.25, 0.3) is 0 Å². The van der Waals surface area contributed by atoms with Crippen LogP contribution in [-0.4, -0.2) is 7.28 Å². The smallest absolute Gasteiger partial charge is 0.0656 e. The van der Waals surface area contributed by atoms with Gasteiger partial charge in [-0.3, -0.25) is 0 Å². The molecule has 0 amide bonds. The Morgan fingerprint density at radius 2 is 1.91 bits per heavy atom. The summed E-state index contributed by atoms with van der Waals surface area (Å²) in [5, 5.41) is 0. The Bertz CT molecular complexity index is 213. The van der Waals surface area contributed by atoms with E-state index in [0.717, 1.165) is 11.6 Å². The number of hydrogen-bond acceptors (Lipinski definition) is 0. The van der Waals surface area contributed by atoms with E-state index in [4.69, 9.17) is 0 Å². The minimum Gasteiger partial charge on any atom is -0.0656 e. The molecule has 0 aromatic carbocycles. The summed E-state index contributed by atoms with van der Waals surface area (Å²) in [4.78, 5) is 0. The van der Waals surface area contributed by atoms with Crippen LogP contribution in [0.1, 0.15) is 12.8 Å². The predicted molar refractivity (Wildman–Crippen MR) is 43.4 cm³/mol. The number of hydrogen-bond donors (Lipinski definition) is 0. The van der Waals surface area contributed by atoms with Crippen LogP contribution in [0.4, 0.5) is 0 Å². The van der Waals surface area contributed by atoms with Gasteiger partial charge in [0.2, 0.25) is 0 Å². The minimum absolute atomic E-state index is 1.11. The van der Waals surface area contributed by atoms with Crippen molar-refractivity contribution in [2.45, 2.75) is 24.5 Å². The largest absolute Gasteiger partial charge is 0.118 e. The van der Waals surface area contributed by atoms with Gasteiger partial charge in [-0.15, -0.1) is 0 Å². The third-order valence-corrected chi connectivity index (χ3v) is 5.87. The normalized spacial score (nSPS) is 84.4. The maximum absolute atomic E-state index is 2.71. The van der Waals surface area contributed by atoms with E-state index in [2.05, 4.69) is 7.28 Å². The zero-order valence-electron chi connectivity index (χ0n) is 6.61. The second-order valence-electron chi connectivity index (χ2n) is 5.64. The van der Waals surface area contributed by atoms with Crippen LogP contribution in [-0.2, 0) is 0 Å². The van der Waals surface area contributed by atoms with Gasteiger partial charge >= 0.3 is 0 Å². The Balaban J connectivity index is 1.71. The molecule has 4 aliphatic carbocycles. The zero-order valence-corrected chi connectivity index (χ0v) is 6.61. The predicted octanol–water partition coefficient (Wildman–Crippen LogP) is 1.81. The third-order valence-electron chi connectivity index (χ3n) is 5.87. The maximum Gasteiger partial charge on any atom is 0.118 e. The van der Waals surface area contributed by atoms with Crippen molar-refractivity contribution >= 4 is 7.28 Å². The molecule has 8 unspecified atom stereocenters. The van der Waals surface area contributed by atoms with Crippen molar-refractivity contribution in [2.75, 3.05) is 0 Å². The number of rotatable bonds is 0. The van der Waals surface area contributed by atoms with Crippen LogP contribution in [0.2, 0.25) is 11.6 Å². The zero-order chi connectivity index (χ0) is 6.74. The van der Waals surface area contributed by atoms with Crippen LogP contribution in [0.5, 0.6) is 0 Å². The average Bonchev–Trinajstić information content (AvgIpc) is 1.76. The van der Waals surface area contributed by atoms with E-state index >= 15 is 0 Å². The van der Waals surface area contributed by atoms with Gasteiger partial charge in [-0.2, -0.15) is 0 Å². The molecule has 0 aromatic rings. The van der Waals surface area contributed by atoms with Gasteiger partial charge in [0.05, 0.1) is 0 Å².